The summed E-state index contributed by atoms with van der Waals surface area (Å²) < 4.78 is 40.2. The molecule has 0 radical (unpaired) electrons. The molecule has 1 fully saturated rings. The molecule has 0 saturated carbocycles. The van der Waals surface area contributed by atoms with Crippen LogP contribution in [0.15, 0.2) is 23.1 Å². The molecule has 5 nitrogen and oxygen atoms in total. The van der Waals surface area contributed by atoms with Crippen molar-refractivity contribution < 1.29 is 22.7 Å². The monoisotopic (exact) mass is 315 g/mol. The van der Waals surface area contributed by atoms with Crippen LogP contribution in [-0.4, -0.2) is 36.4 Å². The lowest BCUT2D eigenvalue weighted by Crippen LogP contribution is -2.46. The highest BCUT2D eigenvalue weighted by molar-refractivity contribution is 7.89. The zero-order chi connectivity index (χ0) is 15.8. The van der Waals surface area contributed by atoms with Crippen molar-refractivity contribution in [3.8, 4) is 0 Å². The van der Waals surface area contributed by atoms with Gasteiger partial charge in [-0.05, 0) is 44.4 Å². The van der Waals surface area contributed by atoms with Gasteiger partial charge in [0.05, 0.1) is 5.92 Å². The second-order valence-corrected chi connectivity index (χ2v) is 7.32. The minimum Gasteiger partial charge on any atom is -0.481 e. The van der Waals surface area contributed by atoms with E-state index < -0.39 is 33.8 Å². The van der Waals surface area contributed by atoms with Crippen molar-refractivity contribution in [1.82, 2.24) is 4.31 Å². The van der Waals surface area contributed by atoms with Gasteiger partial charge in [-0.15, -0.1) is 0 Å². The van der Waals surface area contributed by atoms with Crippen molar-refractivity contribution in [2.75, 3.05) is 6.54 Å². The van der Waals surface area contributed by atoms with Crippen LogP contribution in [0.5, 0.6) is 0 Å². The molecular weight excluding hydrogens is 297 g/mol. The Kier molecular flexibility index (Phi) is 4.34. The molecule has 1 N–H and O–H groups in total. The molecule has 0 bridgehead atoms. The predicted molar refractivity (Wildman–Crippen MR) is 74.9 cm³/mol. The first-order chi connectivity index (χ1) is 9.73. The maximum absolute atomic E-state index is 13.9. The number of carboxylic acids is 1. The minimum absolute atomic E-state index is 0.0911. The molecule has 1 aromatic rings. The van der Waals surface area contributed by atoms with Gasteiger partial charge in [0.15, 0.2) is 0 Å². The lowest BCUT2D eigenvalue weighted by molar-refractivity contribution is -0.143. The summed E-state index contributed by atoms with van der Waals surface area (Å²) in [5.74, 6) is -2.25. The van der Waals surface area contributed by atoms with Crippen molar-refractivity contribution in [3.63, 3.8) is 0 Å². The van der Waals surface area contributed by atoms with Crippen molar-refractivity contribution in [1.29, 1.82) is 0 Å². The number of aryl methyl sites for hydroxylation is 1. The largest absolute Gasteiger partial charge is 0.481 e. The number of hydrogen-bond acceptors (Lipinski definition) is 3. The topological polar surface area (TPSA) is 74.7 Å². The molecule has 2 unspecified atom stereocenters. The predicted octanol–water partition coefficient (Wildman–Crippen LogP) is 2.01. The van der Waals surface area contributed by atoms with Gasteiger partial charge in [0, 0.05) is 12.6 Å². The molecule has 0 spiro atoms. The first-order valence-electron chi connectivity index (χ1n) is 6.74. The zero-order valence-corrected chi connectivity index (χ0v) is 12.7. The molecule has 1 saturated heterocycles. The normalized spacial score (nSPS) is 24.0. The Bertz CT molecular complexity index is 659. The van der Waals surface area contributed by atoms with Crippen LogP contribution in [0.1, 0.15) is 25.3 Å². The number of carbonyl (C=O) groups is 1. The molecule has 0 aliphatic carbocycles. The van der Waals surface area contributed by atoms with Gasteiger partial charge in [-0.25, -0.2) is 12.8 Å². The van der Waals surface area contributed by atoms with Gasteiger partial charge in [-0.2, -0.15) is 4.31 Å². The first kappa shape index (κ1) is 15.9. The highest BCUT2D eigenvalue weighted by Gasteiger charge is 2.37. The van der Waals surface area contributed by atoms with Crippen LogP contribution < -0.4 is 0 Å². The van der Waals surface area contributed by atoms with Crippen LogP contribution in [-0.2, 0) is 14.8 Å². The number of nitrogens with zero attached hydrogens (tertiary/aromatic N) is 1. The van der Waals surface area contributed by atoms with Crippen molar-refractivity contribution in [2.45, 2.75) is 37.6 Å². The Labute approximate surface area is 123 Å². The quantitative estimate of drug-likeness (QED) is 0.926. The molecule has 1 aliphatic heterocycles. The van der Waals surface area contributed by atoms with E-state index in [1.54, 1.807) is 13.8 Å². The summed E-state index contributed by atoms with van der Waals surface area (Å²) in [5, 5.41) is 9.01. The van der Waals surface area contributed by atoms with Crippen molar-refractivity contribution in [2.24, 2.45) is 5.92 Å². The Morgan fingerprint density at radius 1 is 1.43 bits per heavy atom. The van der Waals surface area contributed by atoms with E-state index >= 15 is 0 Å². The highest BCUT2D eigenvalue weighted by Crippen LogP contribution is 2.29. The van der Waals surface area contributed by atoms with Gasteiger partial charge in [-0.1, -0.05) is 6.07 Å². The summed E-state index contributed by atoms with van der Waals surface area (Å²) in [7, 11) is -3.95. The number of carboxylic acid groups (broad SMARTS) is 1. The van der Waals surface area contributed by atoms with E-state index in [-0.39, 0.29) is 24.3 Å². The second kappa shape index (κ2) is 5.73. The van der Waals surface area contributed by atoms with Gasteiger partial charge in [0.2, 0.25) is 10.0 Å². The summed E-state index contributed by atoms with van der Waals surface area (Å²) in [6, 6.07) is 3.48. The van der Waals surface area contributed by atoms with Gasteiger partial charge in [-0.3, -0.25) is 4.79 Å². The van der Waals surface area contributed by atoms with E-state index in [1.807, 2.05) is 0 Å². The SMILES string of the molecule is Cc1ccc(F)c(S(=O)(=O)N2CCC(C(=O)O)CC2C)c1. The minimum atomic E-state index is -3.95. The van der Waals surface area contributed by atoms with Crippen LogP contribution in [0.2, 0.25) is 0 Å². The third-order valence-corrected chi connectivity index (χ3v) is 5.87. The number of hydrogen-bond donors (Lipinski definition) is 1. The zero-order valence-electron chi connectivity index (χ0n) is 11.9. The Morgan fingerprint density at radius 2 is 2.10 bits per heavy atom. The number of piperidine rings is 1. The fourth-order valence-electron chi connectivity index (χ4n) is 2.67. The van der Waals surface area contributed by atoms with Crippen LogP contribution in [0.3, 0.4) is 0 Å². The van der Waals surface area contributed by atoms with E-state index in [4.69, 9.17) is 5.11 Å². The molecule has 1 aliphatic rings. The maximum Gasteiger partial charge on any atom is 0.306 e. The maximum atomic E-state index is 13.9. The average Bonchev–Trinajstić information content (AvgIpc) is 2.40. The van der Waals surface area contributed by atoms with Gasteiger partial charge >= 0.3 is 5.97 Å². The van der Waals surface area contributed by atoms with Crippen molar-refractivity contribution >= 4 is 16.0 Å². The molecule has 116 valence electrons. The fourth-order valence-corrected chi connectivity index (χ4v) is 4.47. The summed E-state index contributed by atoms with van der Waals surface area (Å²) >= 11 is 0. The number of aliphatic carboxylic acids is 1. The molecule has 0 amide bonds. The lowest BCUT2D eigenvalue weighted by Gasteiger charge is -2.35. The molecule has 7 heteroatoms. The highest BCUT2D eigenvalue weighted by atomic mass is 32.2. The summed E-state index contributed by atoms with van der Waals surface area (Å²) in [4.78, 5) is 10.7. The molecule has 2 atom stereocenters. The number of benzene rings is 1. The van der Waals surface area contributed by atoms with E-state index in [9.17, 15) is 17.6 Å². The summed E-state index contributed by atoms with van der Waals surface area (Å²) in [6.07, 6.45) is 0.480. The van der Waals surface area contributed by atoms with Crippen LogP contribution in [0, 0.1) is 18.7 Å². The molecule has 0 aromatic heterocycles. The average molecular weight is 315 g/mol. The van der Waals surface area contributed by atoms with Crippen LogP contribution in [0.4, 0.5) is 4.39 Å². The Hall–Kier alpha value is -1.47. The number of halogens is 1. The summed E-state index contributed by atoms with van der Waals surface area (Å²) in [6.45, 7) is 3.44. The second-order valence-electron chi connectivity index (χ2n) is 5.46. The number of rotatable bonds is 3. The number of sulfonamides is 1. The Balaban J connectivity index is 2.32. The summed E-state index contributed by atoms with van der Waals surface area (Å²) in [5.41, 5.74) is 0.656. The smallest absolute Gasteiger partial charge is 0.306 e. The lowest BCUT2D eigenvalue weighted by atomic mass is 9.93. The van der Waals surface area contributed by atoms with E-state index in [0.29, 0.717) is 5.56 Å². The Morgan fingerprint density at radius 3 is 2.67 bits per heavy atom. The van der Waals surface area contributed by atoms with Gasteiger partial charge in [0.25, 0.3) is 0 Å². The molecular formula is C14H18FNO4S. The fraction of sp³-hybridized carbons (Fsp3) is 0.500. The van der Waals surface area contributed by atoms with E-state index in [1.165, 1.54) is 16.4 Å². The molecule has 2 rings (SSSR count). The standard InChI is InChI=1S/C14H18FNO4S/c1-9-3-4-12(15)13(7-9)21(19,20)16-6-5-11(14(17)18)8-10(16)2/h3-4,7,10-11H,5-6,8H2,1-2H3,(H,17,18). The third kappa shape index (κ3) is 3.08. The van der Waals surface area contributed by atoms with Crippen LogP contribution >= 0.6 is 0 Å². The molecule has 1 aromatic carbocycles. The third-order valence-electron chi connectivity index (χ3n) is 3.84. The van der Waals surface area contributed by atoms with Gasteiger partial charge < -0.3 is 5.11 Å². The first-order valence-corrected chi connectivity index (χ1v) is 8.18. The van der Waals surface area contributed by atoms with Crippen LogP contribution in [0.25, 0.3) is 0 Å². The van der Waals surface area contributed by atoms with Gasteiger partial charge in [0.1, 0.15) is 10.7 Å². The van der Waals surface area contributed by atoms with E-state index in [0.717, 1.165) is 6.07 Å². The molecule has 1 heterocycles. The van der Waals surface area contributed by atoms with Crippen molar-refractivity contribution in [3.05, 3.63) is 29.6 Å². The molecule has 21 heavy (non-hydrogen) atoms. The van der Waals surface area contributed by atoms with E-state index in [2.05, 4.69) is 0 Å².